The minimum atomic E-state index is -0.796. The van der Waals surface area contributed by atoms with Crippen LogP contribution in [0.25, 0.3) is 21.9 Å². The molecule has 4 rings (SSSR count). The van der Waals surface area contributed by atoms with Gasteiger partial charge in [-0.1, -0.05) is 31.9 Å². The topological polar surface area (TPSA) is 101 Å². The summed E-state index contributed by atoms with van der Waals surface area (Å²) in [7, 11) is 0. The molecule has 8 heteroatoms. The summed E-state index contributed by atoms with van der Waals surface area (Å²) in [5.41, 5.74) is -1.45. The third kappa shape index (κ3) is 3.04. The van der Waals surface area contributed by atoms with Crippen LogP contribution in [0.1, 0.15) is 11.1 Å². The van der Waals surface area contributed by atoms with Crippen molar-refractivity contribution < 1.29 is 19.0 Å². The zero-order valence-corrected chi connectivity index (χ0v) is 16.6. The minimum Gasteiger partial charge on any atom is -0.507 e. The Morgan fingerprint density at radius 2 is 1.15 bits per heavy atom. The van der Waals surface area contributed by atoms with Crippen molar-refractivity contribution in [3.63, 3.8) is 0 Å². The number of aromatic hydroxyl groups is 2. The summed E-state index contributed by atoms with van der Waals surface area (Å²) in [6, 6.07) is 9.62. The van der Waals surface area contributed by atoms with Crippen LogP contribution in [0.3, 0.4) is 0 Å². The Hall–Kier alpha value is -2.58. The quantitative estimate of drug-likeness (QED) is 0.401. The van der Waals surface area contributed by atoms with Crippen LogP contribution in [-0.2, 0) is 6.42 Å². The summed E-state index contributed by atoms with van der Waals surface area (Å²) < 4.78 is 11.8. The van der Waals surface area contributed by atoms with Gasteiger partial charge in [0.05, 0.1) is 21.9 Å². The predicted octanol–water partition coefficient (Wildman–Crippen LogP) is 4.43. The van der Waals surface area contributed by atoms with Crippen molar-refractivity contribution in [1.82, 2.24) is 0 Å². The van der Waals surface area contributed by atoms with E-state index >= 15 is 0 Å². The number of rotatable bonds is 2. The van der Waals surface area contributed by atoms with Crippen molar-refractivity contribution in [2.45, 2.75) is 6.42 Å². The molecule has 27 heavy (non-hydrogen) atoms. The standard InChI is InChI=1S/C19H10Br2O6/c20-8-1-3-14-10(5-8)16(22)12(18(24)26-14)7-13-17(23)11-6-9(21)2-4-15(11)27-19(13)25/h1-6,22-23H,7H2. The lowest BCUT2D eigenvalue weighted by Crippen LogP contribution is -2.14. The van der Waals surface area contributed by atoms with E-state index in [2.05, 4.69) is 31.9 Å². The van der Waals surface area contributed by atoms with Crippen LogP contribution in [0.5, 0.6) is 11.5 Å². The molecule has 0 saturated carbocycles. The van der Waals surface area contributed by atoms with Gasteiger partial charge in [-0.3, -0.25) is 0 Å². The van der Waals surface area contributed by atoms with Gasteiger partial charge in [-0.15, -0.1) is 0 Å². The van der Waals surface area contributed by atoms with E-state index < -0.39 is 11.3 Å². The summed E-state index contributed by atoms with van der Waals surface area (Å²) in [6.45, 7) is 0. The van der Waals surface area contributed by atoms with Gasteiger partial charge in [-0.25, -0.2) is 9.59 Å². The third-order valence-electron chi connectivity index (χ3n) is 4.22. The molecule has 0 aliphatic rings. The van der Waals surface area contributed by atoms with Gasteiger partial charge in [-0.2, -0.15) is 0 Å². The first-order chi connectivity index (χ1) is 12.8. The van der Waals surface area contributed by atoms with Crippen LogP contribution in [0.15, 0.2) is 63.8 Å². The first-order valence-electron chi connectivity index (χ1n) is 7.73. The van der Waals surface area contributed by atoms with E-state index in [0.29, 0.717) is 19.7 Å². The van der Waals surface area contributed by atoms with Crippen LogP contribution in [0, 0.1) is 0 Å². The molecule has 0 aliphatic heterocycles. The van der Waals surface area contributed by atoms with Crippen molar-refractivity contribution in [2.24, 2.45) is 0 Å². The maximum Gasteiger partial charge on any atom is 0.343 e. The molecule has 136 valence electrons. The molecule has 0 radical (unpaired) electrons. The molecule has 6 nitrogen and oxygen atoms in total. The van der Waals surface area contributed by atoms with Gasteiger partial charge in [0.25, 0.3) is 0 Å². The first kappa shape index (κ1) is 17.8. The average molecular weight is 494 g/mol. The van der Waals surface area contributed by atoms with Crippen LogP contribution in [0.4, 0.5) is 0 Å². The van der Waals surface area contributed by atoms with E-state index in [-0.39, 0.29) is 40.2 Å². The first-order valence-corrected chi connectivity index (χ1v) is 9.32. The summed E-state index contributed by atoms with van der Waals surface area (Å²) in [5, 5.41) is 21.7. The Bertz CT molecular complexity index is 1230. The van der Waals surface area contributed by atoms with Gasteiger partial charge in [0, 0.05) is 15.4 Å². The number of benzene rings is 2. The number of hydrogen-bond donors (Lipinski definition) is 2. The van der Waals surface area contributed by atoms with Gasteiger partial charge in [0.15, 0.2) is 0 Å². The maximum absolute atomic E-state index is 12.3. The summed E-state index contributed by atoms with van der Waals surface area (Å²) in [6.07, 6.45) is -0.340. The monoisotopic (exact) mass is 492 g/mol. The fraction of sp³-hybridized carbons (Fsp3) is 0.0526. The second kappa shape index (κ2) is 6.54. The Morgan fingerprint density at radius 1 is 0.741 bits per heavy atom. The molecular weight excluding hydrogens is 484 g/mol. The van der Waals surface area contributed by atoms with Crippen molar-refractivity contribution in [2.75, 3.05) is 0 Å². The number of halogens is 2. The highest BCUT2D eigenvalue weighted by molar-refractivity contribution is 9.10. The predicted molar refractivity (Wildman–Crippen MR) is 107 cm³/mol. The fourth-order valence-electron chi connectivity index (χ4n) is 2.88. The van der Waals surface area contributed by atoms with E-state index in [1.807, 2.05) is 0 Å². The molecule has 0 unspecified atom stereocenters. The van der Waals surface area contributed by atoms with E-state index in [1.54, 1.807) is 36.4 Å². The smallest absolute Gasteiger partial charge is 0.343 e. The van der Waals surface area contributed by atoms with Gasteiger partial charge in [-0.05, 0) is 36.4 Å². The fourth-order valence-corrected chi connectivity index (χ4v) is 3.60. The van der Waals surface area contributed by atoms with E-state index in [4.69, 9.17) is 8.83 Å². The molecule has 2 aromatic heterocycles. The van der Waals surface area contributed by atoms with Gasteiger partial charge < -0.3 is 19.0 Å². The molecule has 0 saturated heterocycles. The molecule has 0 aliphatic carbocycles. The van der Waals surface area contributed by atoms with Crippen LogP contribution >= 0.6 is 31.9 Å². The van der Waals surface area contributed by atoms with E-state index in [9.17, 15) is 19.8 Å². The maximum atomic E-state index is 12.3. The molecule has 0 amide bonds. The van der Waals surface area contributed by atoms with Gasteiger partial charge >= 0.3 is 11.3 Å². The number of fused-ring (bicyclic) bond motifs is 2. The summed E-state index contributed by atoms with van der Waals surface area (Å²) in [5.74, 6) is -0.619. The van der Waals surface area contributed by atoms with Crippen molar-refractivity contribution >= 4 is 53.8 Å². The molecule has 4 aromatic rings. The minimum absolute atomic E-state index is 0.141. The Kier molecular flexibility index (Phi) is 4.32. The molecular formula is C19H10Br2O6. The largest absolute Gasteiger partial charge is 0.507 e. The lowest BCUT2D eigenvalue weighted by molar-refractivity contribution is 0.448. The summed E-state index contributed by atoms with van der Waals surface area (Å²) in [4.78, 5) is 24.6. The molecule has 0 fully saturated rings. The van der Waals surface area contributed by atoms with Crippen LogP contribution in [0.2, 0.25) is 0 Å². The van der Waals surface area contributed by atoms with Crippen LogP contribution < -0.4 is 11.3 Å². The van der Waals surface area contributed by atoms with E-state index in [0.717, 1.165) is 0 Å². The second-order valence-corrected chi connectivity index (χ2v) is 7.72. The highest BCUT2D eigenvalue weighted by Gasteiger charge is 2.21. The lowest BCUT2D eigenvalue weighted by Gasteiger charge is -2.09. The molecule has 0 spiro atoms. The average Bonchev–Trinajstić information content (AvgIpc) is 2.62. The second-order valence-electron chi connectivity index (χ2n) is 5.89. The lowest BCUT2D eigenvalue weighted by atomic mass is 10.0. The van der Waals surface area contributed by atoms with Crippen molar-refractivity contribution in [3.05, 3.63) is 77.3 Å². The molecule has 0 atom stereocenters. The zero-order chi connectivity index (χ0) is 19.3. The summed E-state index contributed by atoms with van der Waals surface area (Å²) >= 11 is 6.59. The van der Waals surface area contributed by atoms with Crippen LogP contribution in [-0.4, -0.2) is 10.2 Å². The molecule has 2 aromatic carbocycles. The zero-order valence-electron chi connectivity index (χ0n) is 13.5. The highest BCUT2D eigenvalue weighted by Crippen LogP contribution is 2.33. The van der Waals surface area contributed by atoms with Crippen molar-refractivity contribution in [1.29, 1.82) is 0 Å². The molecule has 0 bridgehead atoms. The SMILES string of the molecule is O=c1oc2ccc(Br)cc2c(O)c1Cc1c(O)c2cc(Br)ccc2oc1=O. The van der Waals surface area contributed by atoms with E-state index in [1.165, 1.54) is 0 Å². The highest BCUT2D eigenvalue weighted by atomic mass is 79.9. The Balaban J connectivity index is 1.95. The molecule has 2 N–H and O–H groups in total. The van der Waals surface area contributed by atoms with Crippen molar-refractivity contribution in [3.8, 4) is 11.5 Å². The molecule has 2 heterocycles. The van der Waals surface area contributed by atoms with Gasteiger partial charge in [0.2, 0.25) is 0 Å². The Labute approximate surface area is 167 Å². The Morgan fingerprint density at radius 3 is 1.56 bits per heavy atom. The third-order valence-corrected chi connectivity index (χ3v) is 5.20. The number of hydrogen-bond acceptors (Lipinski definition) is 6. The van der Waals surface area contributed by atoms with Gasteiger partial charge in [0.1, 0.15) is 22.7 Å². The normalized spacial score (nSPS) is 11.3.